The summed E-state index contributed by atoms with van der Waals surface area (Å²) in [5, 5.41) is 3.32. The maximum atomic E-state index is 3.32. The molecule has 0 saturated heterocycles. The molecule has 2 atom stereocenters. The van der Waals surface area contributed by atoms with Crippen LogP contribution in [0, 0.1) is 23.7 Å². The fourth-order valence-corrected chi connectivity index (χ4v) is 2.58. The van der Waals surface area contributed by atoms with Crippen LogP contribution in [0.4, 0.5) is 0 Å². The van der Waals surface area contributed by atoms with Crippen LogP contribution < -0.4 is 5.32 Å². The van der Waals surface area contributed by atoms with Crippen molar-refractivity contribution in [3.63, 3.8) is 0 Å². The van der Waals surface area contributed by atoms with Crippen LogP contribution in [0.15, 0.2) is 0 Å². The Hall–Kier alpha value is -0.480. The van der Waals surface area contributed by atoms with Gasteiger partial charge in [0.1, 0.15) is 0 Å². The van der Waals surface area contributed by atoms with E-state index in [9.17, 15) is 0 Å². The lowest BCUT2D eigenvalue weighted by molar-refractivity contribution is 0.223. The Morgan fingerprint density at radius 3 is 2.57 bits per heavy atom. The maximum absolute atomic E-state index is 3.32. The van der Waals surface area contributed by atoms with Crippen LogP contribution >= 0.6 is 0 Å². The summed E-state index contributed by atoms with van der Waals surface area (Å²) >= 11 is 0. The van der Waals surface area contributed by atoms with Crippen molar-refractivity contribution >= 4 is 0 Å². The topological polar surface area (TPSA) is 12.0 Å². The third-order valence-electron chi connectivity index (χ3n) is 3.35. The Morgan fingerprint density at radius 2 is 1.93 bits per heavy atom. The van der Waals surface area contributed by atoms with E-state index in [2.05, 4.69) is 24.2 Å². The van der Waals surface area contributed by atoms with E-state index in [0.717, 1.165) is 18.3 Å². The number of hydrogen-bond donors (Lipinski definition) is 1. The summed E-state index contributed by atoms with van der Waals surface area (Å²) in [6, 6.07) is 0. The Kier molecular flexibility index (Phi) is 5.71. The van der Waals surface area contributed by atoms with E-state index in [0.29, 0.717) is 0 Å². The van der Waals surface area contributed by atoms with E-state index < -0.39 is 0 Å². The van der Waals surface area contributed by atoms with E-state index in [1.54, 1.807) is 0 Å². The first-order chi connectivity index (χ1) is 6.88. The minimum Gasteiger partial charge on any atom is -0.319 e. The quantitative estimate of drug-likeness (QED) is 0.677. The largest absolute Gasteiger partial charge is 0.319 e. The van der Waals surface area contributed by atoms with Crippen molar-refractivity contribution < 1.29 is 0 Å². The van der Waals surface area contributed by atoms with Gasteiger partial charge in [-0.2, -0.15) is 0 Å². The first kappa shape index (κ1) is 11.6. The van der Waals surface area contributed by atoms with Crippen molar-refractivity contribution in [3.8, 4) is 11.8 Å². The highest BCUT2D eigenvalue weighted by Crippen LogP contribution is 2.32. The van der Waals surface area contributed by atoms with E-state index in [-0.39, 0.29) is 0 Å². The molecule has 1 rings (SSSR count). The molecule has 0 radical (unpaired) electrons. The molecule has 0 heterocycles. The molecule has 1 N–H and O–H groups in total. The first-order valence-corrected chi connectivity index (χ1v) is 5.92. The van der Waals surface area contributed by atoms with Gasteiger partial charge >= 0.3 is 0 Å². The molecule has 0 amide bonds. The first-order valence-electron chi connectivity index (χ1n) is 5.92. The predicted molar refractivity (Wildman–Crippen MR) is 62.1 cm³/mol. The molecule has 0 bridgehead atoms. The Morgan fingerprint density at radius 1 is 1.21 bits per heavy atom. The van der Waals surface area contributed by atoms with E-state index in [1.807, 2.05) is 6.92 Å². The van der Waals surface area contributed by atoms with E-state index >= 15 is 0 Å². The second kappa shape index (κ2) is 6.90. The molecule has 0 aromatic heterocycles. The summed E-state index contributed by atoms with van der Waals surface area (Å²) in [4.78, 5) is 0. The van der Waals surface area contributed by atoms with Gasteiger partial charge in [0.25, 0.3) is 0 Å². The zero-order valence-electron chi connectivity index (χ0n) is 9.60. The molecule has 1 heteroatoms. The van der Waals surface area contributed by atoms with Gasteiger partial charge in [0.05, 0.1) is 0 Å². The van der Waals surface area contributed by atoms with Crippen LogP contribution in [-0.4, -0.2) is 13.6 Å². The summed E-state index contributed by atoms with van der Waals surface area (Å²) < 4.78 is 0. The van der Waals surface area contributed by atoms with E-state index in [4.69, 9.17) is 0 Å². The second-order valence-corrected chi connectivity index (χ2v) is 4.33. The van der Waals surface area contributed by atoms with Gasteiger partial charge < -0.3 is 5.32 Å². The normalized spacial score (nSPS) is 26.7. The number of nitrogens with one attached hydrogen (secondary N) is 1. The van der Waals surface area contributed by atoms with Gasteiger partial charge in [0, 0.05) is 6.42 Å². The zero-order valence-corrected chi connectivity index (χ0v) is 9.60. The molecule has 0 aromatic rings. The van der Waals surface area contributed by atoms with Gasteiger partial charge in [0.2, 0.25) is 0 Å². The van der Waals surface area contributed by atoms with Crippen molar-refractivity contribution in [1.82, 2.24) is 5.32 Å². The molecular formula is C13H23N. The van der Waals surface area contributed by atoms with Crippen LogP contribution in [0.25, 0.3) is 0 Å². The van der Waals surface area contributed by atoms with Gasteiger partial charge in [-0.3, -0.25) is 0 Å². The number of rotatable bonds is 4. The molecule has 14 heavy (non-hydrogen) atoms. The molecular weight excluding hydrogens is 170 g/mol. The molecule has 0 aliphatic heterocycles. The minimum absolute atomic E-state index is 0.910. The molecule has 2 unspecified atom stereocenters. The molecule has 1 aliphatic carbocycles. The highest BCUT2D eigenvalue weighted by Gasteiger charge is 2.23. The lowest BCUT2D eigenvalue weighted by atomic mass is 9.77. The fraction of sp³-hybridized carbons (Fsp3) is 0.846. The second-order valence-electron chi connectivity index (χ2n) is 4.33. The van der Waals surface area contributed by atoms with Crippen molar-refractivity contribution in [1.29, 1.82) is 0 Å². The highest BCUT2D eigenvalue weighted by molar-refractivity contribution is 4.95. The molecule has 0 spiro atoms. The SMILES string of the molecule is CC#CCCC1CCCCC1CNC. The maximum Gasteiger partial charge on any atom is 0.00913 e. The standard InChI is InChI=1S/C13H23N/c1-3-4-5-8-12-9-6-7-10-13(12)11-14-2/h12-14H,5-11H2,1-2H3. The van der Waals surface area contributed by atoms with Gasteiger partial charge in [-0.1, -0.05) is 19.3 Å². The smallest absolute Gasteiger partial charge is 0.00913 e. The van der Waals surface area contributed by atoms with Crippen LogP contribution in [-0.2, 0) is 0 Å². The number of hydrogen-bond acceptors (Lipinski definition) is 1. The van der Waals surface area contributed by atoms with Gasteiger partial charge in [-0.15, -0.1) is 11.8 Å². The van der Waals surface area contributed by atoms with Gasteiger partial charge in [-0.25, -0.2) is 0 Å². The average Bonchev–Trinajstić information content (AvgIpc) is 2.21. The lowest BCUT2D eigenvalue weighted by Crippen LogP contribution is -2.28. The molecule has 1 aliphatic rings. The van der Waals surface area contributed by atoms with Crippen LogP contribution in [0.5, 0.6) is 0 Å². The summed E-state index contributed by atoms with van der Waals surface area (Å²) in [6.45, 7) is 3.14. The van der Waals surface area contributed by atoms with E-state index in [1.165, 1.54) is 38.6 Å². The van der Waals surface area contributed by atoms with Crippen LogP contribution in [0.3, 0.4) is 0 Å². The molecule has 1 fully saturated rings. The third kappa shape index (κ3) is 3.72. The monoisotopic (exact) mass is 193 g/mol. The molecule has 0 aromatic carbocycles. The van der Waals surface area contributed by atoms with Gasteiger partial charge in [-0.05, 0) is 45.2 Å². The van der Waals surface area contributed by atoms with Crippen LogP contribution in [0.1, 0.15) is 45.4 Å². The van der Waals surface area contributed by atoms with Crippen molar-refractivity contribution in [2.24, 2.45) is 11.8 Å². The Bertz CT molecular complexity index is 197. The summed E-state index contributed by atoms with van der Waals surface area (Å²) in [6.07, 6.45) is 8.13. The Balaban J connectivity index is 2.32. The van der Waals surface area contributed by atoms with Crippen molar-refractivity contribution in [2.75, 3.05) is 13.6 Å². The fourth-order valence-electron chi connectivity index (χ4n) is 2.58. The average molecular weight is 193 g/mol. The summed E-state index contributed by atoms with van der Waals surface area (Å²) in [7, 11) is 2.07. The molecule has 1 nitrogen and oxygen atoms in total. The van der Waals surface area contributed by atoms with Gasteiger partial charge in [0.15, 0.2) is 0 Å². The summed E-state index contributed by atoms with van der Waals surface area (Å²) in [5.41, 5.74) is 0. The van der Waals surface area contributed by atoms with Crippen molar-refractivity contribution in [2.45, 2.75) is 45.4 Å². The third-order valence-corrected chi connectivity index (χ3v) is 3.35. The van der Waals surface area contributed by atoms with Crippen LogP contribution in [0.2, 0.25) is 0 Å². The molecule has 1 saturated carbocycles. The lowest BCUT2D eigenvalue weighted by Gasteiger charge is -2.31. The minimum atomic E-state index is 0.910. The highest BCUT2D eigenvalue weighted by atomic mass is 14.8. The molecule has 80 valence electrons. The predicted octanol–water partition coefficient (Wildman–Crippen LogP) is 2.82. The Labute approximate surface area is 88.7 Å². The summed E-state index contributed by atoms with van der Waals surface area (Å²) in [5.74, 6) is 8.01. The van der Waals surface area contributed by atoms with Crippen molar-refractivity contribution in [3.05, 3.63) is 0 Å². The zero-order chi connectivity index (χ0) is 10.2.